The first-order chi connectivity index (χ1) is 7.79. The normalized spacial score (nSPS) is 25.3. The molecule has 0 aromatic heterocycles. The van der Waals surface area contributed by atoms with E-state index in [1.807, 2.05) is 24.3 Å². The summed E-state index contributed by atoms with van der Waals surface area (Å²) in [7, 11) is 0. The fraction of sp³-hybridized carbons (Fsp3) is 0.571. The first-order valence-electron chi connectivity index (χ1n) is 6.32. The van der Waals surface area contributed by atoms with Crippen LogP contribution in [0.15, 0.2) is 24.3 Å². The Morgan fingerprint density at radius 1 is 1.31 bits per heavy atom. The van der Waals surface area contributed by atoms with Crippen LogP contribution in [0.5, 0.6) is 5.75 Å². The Hall–Kier alpha value is -1.18. The summed E-state index contributed by atoms with van der Waals surface area (Å²) in [5.74, 6) is 1.64. The molecule has 1 aliphatic carbocycles. The molecule has 2 unspecified atom stereocenters. The Labute approximate surface area is 97.8 Å². The third-order valence-corrected chi connectivity index (χ3v) is 3.51. The lowest BCUT2D eigenvalue weighted by Gasteiger charge is -2.31. The first kappa shape index (κ1) is 11.3. The molecule has 2 atom stereocenters. The molecule has 0 aliphatic heterocycles. The van der Waals surface area contributed by atoms with Crippen molar-refractivity contribution in [3.63, 3.8) is 0 Å². The maximum absolute atomic E-state index is 6.06. The average molecular weight is 219 g/mol. The molecule has 2 heteroatoms. The highest BCUT2D eigenvalue weighted by Gasteiger charge is 2.25. The molecule has 1 aliphatic rings. The van der Waals surface area contributed by atoms with E-state index in [9.17, 15) is 0 Å². The predicted octanol–water partition coefficient (Wildman–Crippen LogP) is 3.62. The van der Waals surface area contributed by atoms with Crippen LogP contribution in [0.3, 0.4) is 0 Å². The lowest BCUT2D eigenvalue weighted by molar-refractivity contribution is 0.0904. The zero-order valence-corrected chi connectivity index (χ0v) is 9.99. The lowest BCUT2D eigenvalue weighted by atomic mass is 9.85. The van der Waals surface area contributed by atoms with Crippen molar-refractivity contribution in [3.05, 3.63) is 24.3 Å². The van der Waals surface area contributed by atoms with Gasteiger partial charge in [-0.15, -0.1) is 0 Å². The van der Waals surface area contributed by atoms with Crippen LogP contribution in [0, 0.1) is 5.92 Å². The molecule has 1 aromatic rings. The van der Waals surface area contributed by atoms with Gasteiger partial charge in [-0.1, -0.05) is 19.4 Å². The Morgan fingerprint density at radius 2 is 2.12 bits per heavy atom. The molecule has 88 valence electrons. The average Bonchev–Trinajstić information content (AvgIpc) is 2.30. The molecular formula is C14H21NO. The molecule has 2 N–H and O–H groups in total. The van der Waals surface area contributed by atoms with E-state index >= 15 is 0 Å². The van der Waals surface area contributed by atoms with Gasteiger partial charge in [0.25, 0.3) is 0 Å². The number of nitrogens with two attached hydrogens (primary N) is 1. The van der Waals surface area contributed by atoms with Gasteiger partial charge in [0.2, 0.25) is 0 Å². The third-order valence-electron chi connectivity index (χ3n) is 3.51. The van der Waals surface area contributed by atoms with Gasteiger partial charge in [-0.25, -0.2) is 0 Å². The van der Waals surface area contributed by atoms with Crippen molar-refractivity contribution in [3.8, 4) is 5.75 Å². The van der Waals surface area contributed by atoms with Gasteiger partial charge in [0.1, 0.15) is 11.9 Å². The van der Waals surface area contributed by atoms with Gasteiger partial charge in [-0.3, -0.25) is 0 Å². The highest BCUT2D eigenvalue weighted by molar-refractivity contribution is 5.43. The number of hydrogen-bond acceptors (Lipinski definition) is 2. The minimum atomic E-state index is 0.389. The van der Waals surface area contributed by atoms with E-state index in [1.165, 1.54) is 32.1 Å². The second-order valence-corrected chi connectivity index (χ2v) is 4.68. The molecule has 0 heterocycles. The number of benzene rings is 1. The van der Waals surface area contributed by atoms with E-state index in [1.54, 1.807) is 0 Å². The van der Waals surface area contributed by atoms with Crippen LogP contribution in [0.2, 0.25) is 0 Å². The van der Waals surface area contributed by atoms with Crippen LogP contribution in [-0.2, 0) is 0 Å². The molecule has 0 bridgehead atoms. The van der Waals surface area contributed by atoms with Crippen molar-refractivity contribution in [1.29, 1.82) is 0 Å². The standard InChI is InChI=1S/C14H21NO/c1-2-11-6-3-4-9-14(11)16-13-8-5-7-12(15)10-13/h5,7-8,10-11,14H,2-4,6,9,15H2,1H3. The molecule has 1 fully saturated rings. The zero-order chi connectivity index (χ0) is 11.4. The fourth-order valence-corrected chi connectivity index (χ4v) is 2.56. The summed E-state index contributed by atoms with van der Waals surface area (Å²) in [5, 5.41) is 0. The maximum atomic E-state index is 6.06. The SMILES string of the molecule is CCC1CCCCC1Oc1cccc(N)c1. The monoisotopic (exact) mass is 219 g/mol. The largest absolute Gasteiger partial charge is 0.490 e. The van der Waals surface area contributed by atoms with Crippen molar-refractivity contribution in [1.82, 2.24) is 0 Å². The summed E-state index contributed by atoms with van der Waals surface area (Å²) in [6.45, 7) is 2.26. The second-order valence-electron chi connectivity index (χ2n) is 4.68. The van der Waals surface area contributed by atoms with Crippen LogP contribution >= 0.6 is 0 Å². The third kappa shape index (κ3) is 2.69. The predicted molar refractivity (Wildman–Crippen MR) is 67.5 cm³/mol. The first-order valence-corrected chi connectivity index (χ1v) is 6.32. The van der Waals surface area contributed by atoms with Gasteiger partial charge >= 0.3 is 0 Å². The van der Waals surface area contributed by atoms with Crippen LogP contribution in [0.4, 0.5) is 5.69 Å². The quantitative estimate of drug-likeness (QED) is 0.788. The second kappa shape index (κ2) is 5.24. The van der Waals surface area contributed by atoms with Gasteiger partial charge in [0, 0.05) is 11.8 Å². The number of anilines is 1. The summed E-state index contributed by atoms with van der Waals surface area (Å²) < 4.78 is 6.06. The Morgan fingerprint density at radius 3 is 2.88 bits per heavy atom. The van der Waals surface area contributed by atoms with E-state index in [0.29, 0.717) is 6.10 Å². The molecule has 0 amide bonds. The summed E-state index contributed by atoms with van der Waals surface area (Å²) in [4.78, 5) is 0. The van der Waals surface area contributed by atoms with Crippen LogP contribution in [-0.4, -0.2) is 6.10 Å². The number of nitrogen functional groups attached to an aromatic ring is 1. The van der Waals surface area contributed by atoms with Gasteiger partial charge < -0.3 is 10.5 Å². The molecular weight excluding hydrogens is 198 g/mol. The van der Waals surface area contributed by atoms with E-state index in [-0.39, 0.29) is 0 Å². The molecule has 0 spiro atoms. The highest BCUT2D eigenvalue weighted by Crippen LogP contribution is 2.30. The van der Waals surface area contributed by atoms with Crippen LogP contribution < -0.4 is 10.5 Å². The van der Waals surface area contributed by atoms with Crippen molar-refractivity contribution in [2.75, 3.05) is 5.73 Å². The van der Waals surface area contributed by atoms with Gasteiger partial charge in [-0.2, -0.15) is 0 Å². The Kier molecular flexibility index (Phi) is 3.70. The van der Waals surface area contributed by atoms with E-state index in [2.05, 4.69) is 6.92 Å². The molecule has 16 heavy (non-hydrogen) atoms. The van der Waals surface area contributed by atoms with Crippen molar-refractivity contribution < 1.29 is 4.74 Å². The number of rotatable bonds is 3. The molecule has 2 rings (SSSR count). The van der Waals surface area contributed by atoms with E-state index in [0.717, 1.165) is 17.4 Å². The molecule has 0 radical (unpaired) electrons. The smallest absolute Gasteiger partial charge is 0.121 e. The molecule has 2 nitrogen and oxygen atoms in total. The fourth-order valence-electron chi connectivity index (χ4n) is 2.56. The topological polar surface area (TPSA) is 35.2 Å². The minimum Gasteiger partial charge on any atom is -0.490 e. The van der Waals surface area contributed by atoms with Crippen molar-refractivity contribution in [2.45, 2.75) is 45.1 Å². The highest BCUT2D eigenvalue weighted by atomic mass is 16.5. The van der Waals surface area contributed by atoms with Crippen LogP contribution in [0.25, 0.3) is 0 Å². The number of hydrogen-bond donors (Lipinski definition) is 1. The number of ether oxygens (including phenoxy) is 1. The Balaban J connectivity index is 2.02. The van der Waals surface area contributed by atoms with Gasteiger partial charge in [0.15, 0.2) is 0 Å². The summed E-state index contributed by atoms with van der Waals surface area (Å²) in [6, 6.07) is 7.76. The van der Waals surface area contributed by atoms with Crippen molar-refractivity contribution >= 4 is 5.69 Å². The summed E-state index contributed by atoms with van der Waals surface area (Å²) >= 11 is 0. The zero-order valence-electron chi connectivity index (χ0n) is 9.99. The van der Waals surface area contributed by atoms with Crippen molar-refractivity contribution in [2.24, 2.45) is 5.92 Å². The summed E-state index contributed by atoms with van der Waals surface area (Å²) in [5.41, 5.74) is 6.53. The maximum Gasteiger partial charge on any atom is 0.121 e. The van der Waals surface area contributed by atoms with Crippen LogP contribution in [0.1, 0.15) is 39.0 Å². The van der Waals surface area contributed by atoms with E-state index < -0.39 is 0 Å². The Bertz CT molecular complexity index is 337. The van der Waals surface area contributed by atoms with E-state index in [4.69, 9.17) is 10.5 Å². The molecule has 1 aromatic carbocycles. The lowest BCUT2D eigenvalue weighted by Crippen LogP contribution is -2.29. The van der Waals surface area contributed by atoms with Gasteiger partial charge in [-0.05, 0) is 43.7 Å². The summed E-state index contributed by atoms with van der Waals surface area (Å²) in [6.07, 6.45) is 6.75. The molecule has 0 saturated heterocycles. The minimum absolute atomic E-state index is 0.389. The molecule has 1 saturated carbocycles. The van der Waals surface area contributed by atoms with Gasteiger partial charge in [0.05, 0.1) is 0 Å².